The van der Waals surface area contributed by atoms with E-state index in [0.29, 0.717) is 12.5 Å². The van der Waals surface area contributed by atoms with Gasteiger partial charge in [-0.05, 0) is 57.5 Å². The van der Waals surface area contributed by atoms with Gasteiger partial charge in [0.25, 0.3) is 0 Å². The highest BCUT2D eigenvalue weighted by Gasteiger charge is 2.19. The van der Waals surface area contributed by atoms with E-state index in [4.69, 9.17) is 0 Å². The average Bonchev–Trinajstić information content (AvgIpc) is 2.38. The summed E-state index contributed by atoms with van der Waals surface area (Å²) in [6.45, 7) is 3.21. The quantitative estimate of drug-likeness (QED) is 0.901. The molecule has 0 aromatic heterocycles. The molecule has 104 valence electrons. The summed E-state index contributed by atoms with van der Waals surface area (Å²) < 4.78 is 0. The van der Waals surface area contributed by atoms with Gasteiger partial charge < -0.3 is 10.2 Å². The number of carbonyl (C=O) groups excluding carboxylic acids is 1. The number of aryl methyl sites for hydroxylation is 1. The number of hydrogen-bond acceptors (Lipinski definition) is 2. The zero-order chi connectivity index (χ0) is 13.7. The SMILES string of the molecule is Cc1cccc(NC(=O)CCC2CCCCN2C)c1. The molecule has 1 N–H and O–H groups in total. The van der Waals surface area contributed by atoms with E-state index in [2.05, 4.69) is 17.3 Å². The fourth-order valence-electron chi connectivity index (χ4n) is 2.75. The monoisotopic (exact) mass is 260 g/mol. The zero-order valence-electron chi connectivity index (χ0n) is 12.0. The van der Waals surface area contributed by atoms with Crippen LogP contribution in [0, 0.1) is 6.92 Å². The van der Waals surface area contributed by atoms with Crippen LogP contribution in [0.3, 0.4) is 0 Å². The number of anilines is 1. The van der Waals surface area contributed by atoms with Crippen LogP contribution < -0.4 is 5.32 Å². The number of rotatable bonds is 4. The number of piperidine rings is 1. The van der Waals surface area contributed by atoms with E-state index in [-0.39, 0.29) is 5.91 Å². The summed E-state index contributed by atoms with van der Waals surface area (Å²) in [6.07, 6.45) is 5.41. The minimum atomic E-state index is 0.129. The van der Waals surface area contributed by atoms with Crippen molar-refractivity contribution in [3.05, 3.63) is 29.8 Å². The highest BCUT2D eigenvalue weighted by Crippen LogP contribution is 2.19. The van der Waals surface area contributed by atoms with Crippen molar-refractivity contribution in [3.63, 3.8) is 0 Å². The van der Waals surface area contributed by atoms with Gasteiger partial charge in [-0.2, -0.15) is 0 Å². The number of nitrogens with one attached hydrogen (secondary N) is 1. The molecule has 0 aliphatic carbocycles. The number of carbonyl (C=O) groups is 1. The summed E-state index contributed by atoms with van der Waals surface area (Å²) in [5.74, 6) is 0.129. The lowest BCUT2D eigenvalue weighted by atomic mass is 9.98. The summed E-state index contributed by atoms with van der Waals surface area (Å²) in [7, 11) is 2.17. The van der Waals surface area contributed by atoms with Crippen LogP contribution >= 0.6 is 0 Å². The van der Waals surface area contributed by atoms with Gasteiger partial charge in [0.1, 0.15) is 0 Å². The third-order valence-electron chi connectivity index (χ3n) is 3.93. The van der Waals surface area contributed by atoms with Crippen molar-refractivity contribution >= 4 is 11.6 Å². The van der Waals surface area contributed by atoms with Crippen molar-refractivity contribution in [3.8, 4) is 0 Å². The second kappa shape index (κ2) is 6.71. The van der Waals surface area contributed by atoms with E-state index in [1.807, 2.05) is 31.2 Å². The van der Waals surface area contributed by atoms with Gasteiger partial charge in [-0.1, -0.05) is 18.6 Å². The summed E-state index contributed by atoms with van der Waals surface area (Å²) in [6, 6.07) is 8.53. The smallest absolute Gasteiger partial charge is 0.224 e. The van der Waals surface area contributed by atoms with Crippen LogP contribution in [0.5, 0.6) is 0 Å². The van der Waals surface area contributed by atoms with Crippen molar-refractivity contribution in [2.24, 2.45) is 0 Å². The molecule has 1 aliphatic heterocycles. The first-order chi connectivity index (χ1) is 9.15. The second-order valence-electron chi connectivity index (χ2n) is 5.59. The van der Waals surface area contributed by atoms with E-state index in [9.17, 15) is 4.79 Å². The first-order valence-electron chi connectivity index (χ1n) is 7.22. The van der Waals surface area contributed by atoms with Crippen LogP contribution in [-0.4, -0.2) is 30.4 Å². The van der Waals surface area contributed by atoms with E-state index in [0.717, 1.165) is 12.1 Å². The lowest BCUT2D eigenvalue weighted by molar-refractivity contribution is -0.116. The fraction of sp³-hybridized carbons (Fsp3) is 0.562. The van der Waals surface area contributed by atoms with Gasteiger partial charge in [-0.25, -0.2) is 0 Å². The first kappa shape index (κ1) is 14.1. The van der Waals surface area contributed by atoms with Crippen molar-refractivity contribution < 1.29 is 4.79 Å². The first-order valence-corrected chi connectivity index (χ1v) is 7.22. The lowest BCUT2D eigenvalue weighted by Gasteiger charge is -2.32. The predicted octanol–water partition coefficient (Wildman–Crippen LogP) is 3.20. The van der Waals surface area contributed by atoms with Gasteiger partial charge >= 0.3 is 0 Å². The molecule has 1 aliphatic rings. The number of benzene rings is 1. The molecule has 1 aromatic carbocycles. The van der Waals surface area contributed by atoms with Crippen molar-refractivity contribution in [2.75, 3.05) is 18.9 Å². The van der Waals surface area contributed by atoms with Crippen LogP contribution in [0.4, 0.5) is 5.69 Å². The Balaban J connectivity index is 1.78. The Kier molecular flexibility index (Phi) is 4.97. The maximum Gasteiger partial charge on any atom is 0.224 e. The van der Waals surface area contributed by atoms with Crippen LogP contribution in [0.1, 0.15) is 37.7 Å². The van der Waals surface area contributed by atoms with E-state index in [1.54, 1.807) is 0 Å². The van der Waals surface area contributed by atoms with E-state index < -0.39 is 0 Å². The molecule has 19 heavy (non-hydrogen) atoms. The van der Waals surface area contributed by atoms with Crippen molar-refractivity contribution in [2.45, 2.75) is 45.1 Å². The van der Waals surface area contributed by atoms with E-state index >= 15 is 0 Å². The van der Waals surface area contributed by atoms with Gasteiger partial charge in [0, 0.05) is 18.2 Å². The third-order valence-corrected chi connectivity index (χ3v) is 3.93. The molecule has 1 saturated heterocycles. The Labute approximate surface area is 116 Å². The molecule has 0 saturated carbocycles. The van der Waals surface area contributed by atoms with Crippen molar-refractivity contribution in [1.29, 1.82) is 0 Å². The minimum Gasteiger partial charge on any atom is -0.326 e. The van der Waals surface area contributed by atoms with Crippen LogP contribution in [0.2, 0.25) is 0 Å². The van der Waals surface area contributed by atoms with Gasteiger partial charge in [-0.3, -0.25) is 4.79 Å². The maximum absolute atomic E-state index is 11.9. The summed E-state index contributed by atoms with van der Waals surface area (Å²) in [5.41, 5.74) is 2.08. The summed E-state index contributed by atoms with van der Waals surface area (Å²) in [5, 5.41) is 2.98. The number of likely N-dealkylation sites (tertiary alicyclic amines) is 1. The molecular formula is C16H24N2O. The molecule has 1 aromatic rings. The molecule has 2 rings (SSSR count). The molecule has 0 radical (unpaired) electrons. The lowest BCUT2D eigenvalue weighted by Crippen LogP contribution is -2.36. The molecule has 1 atom stereocenters. The molecule has 1 heterocycles. The zero-order valence-corrected chi connectivity index (χ0v) is 12.0. The number of hydrogen-bond donors (Lipinski definition) is 1. The second-order valence-corrected chi connectivity index (χ2v) is 5.59. The maximum atomic E-state index is 11.9. The molecule has 3 nitrogen and oxygen atoms in total. The third kappa shape index (κ3) is 4.35. The van der Waals surface area contributed by atoms with Gasteiger partial charge in [-0.15, -0.1) is 0 Å². The Hall–Kier alpha value is -1.35. The topological polar surface area (TPSA) is 32.3 Å². The molecule has 0 bridgehead atoms. The molecular weight excluding hydrogens is 236 g/mol. The van der Waals surface area contributed by atoms with Crippen LogP contribution in [0.15, 0.2) is 24.3 Å². The summed E-state index contributed by atoms with van der Waals surface area (Å²) >= 11 is 0. The van der Waals surface area contributed by atoms with Gasteiger partial charge in [0.2, 0.25) is 5.91 Å². The predicted molar refractivity (Wildman–Crippen MR) is 79.3 cm³/mol. The normalized spacial score (nSPS) is 20.2. The number of amides is 1. The Morgan fingerprint density at radius 1 is 1.42 bits per heavy atom. The average molecular weight is 260 g/mol. The molecule has 3 heteroatoms. The minimum absolute atomic E-state index is 0.129. The molecule has 1 amide bonds. The Morgan fingerprint density at radius 2 is 2.26 bits per heavy atom. The molecule has 1 fully saturated rings. The van der Waals surface area contributed by atoms with Crippen LogP contribution in [0.25, 0.3) is 0 Å². The molecule has 1 unspecified atom stereocenters. The van der Waals surface area contributed by atoms with Gasteiger partial charge in [0.05, 0.1) is 0 Å². The molecule has 0 spiro atoms. The Bertz CT molecular complexity index is 431. The fourth-order valence-corrected chi connectivity index (χ4v) is 2.75. The largest absolute Gasteiger partial charge is 0.326 e. The summed E-state index contributed by atoms with van der Waals surface area (Å²) in [4.78, 5) is 14.3. The van der Waals surface area contributed by atoms with E-state index in [1.165, 1.54) is 31.4 Å². The van der Waals surface area contributed by atoms with Gasteiger partial charge in [0.15, 0.2) is 0 Å². The highest BCUT2D eigenvalue weighted by atomic mass is 16.1. The van der Waals surface area contributed by atoms with Crippen LogP contribution in [-0.2, 0) is 4.79 Å². The highest BCUT2D eigenvalue weighted by molar-refractivity contribution is 5.90. The van der Waals surface area contributed by atoms with Crippen molar-refractivity contribution in [1.82, 2.24) is 4.90 Å². The number of nitrogens with zero attached hydrogens (tertiary/aromatic N) is 1. The standard InChI is InChI=1S/C16H24N2O/c1-13-6-5-7-14(12-13)17-16(19)10-9-15-8-3-4-11-18(15)2/h5-7,12,15H,3-4,8-11H2,1-2H3,(H,17,19). The Morgan fingerprint density at radius 3 is 3.00 bits per heavy atom.